The molecule has 0 bridgehead atoms. The fourth-order valence-corrected chi connectivity index (χ4v) is 7.48. The summed E-state index contributed by atoms with van der Waals surface area (Å²) in [5.41, 5.74) is 6.84. The van der Waals surface area contributed by atoms with Crippen molar-refractivity contribution < 1.29 is 27.0 Å². The van der Waals surface area contributed by atoms with Gasteiger partial charge in [0.05, 0.1) is 87.9 Å². The van der Waals surface area contributed by atoms with Gasteiger partial charge in [0.25, 0.3) is 0 Å². The molecule has 2 fully saturated rings. The van der Waals surface area contributed by atoms with Crippen LogP contribution in [0.3, 0.4) is 0 Å². The van der Waals surface area contributed by atoms with Gasteiger partial charge in [0, 0.05) is 86.4 Å². The van der Waals surface area contributed by atoms with Crippen LogP contribution in [0.4, 0.5) is 40.4 Å². The number of anilines is 4. The molecule has 0 unspecified atom stereocenters. The molecule has 2 aliphatic heterocycles. The van der Waals surface area contributed by atoms with Crippen molar-refractivity contribution >= 4 is 56.3 Å². The third-order valence-corrected chi connectivity index (χ3v) is 10.6. The maximum atomic E-state index is 15.4. The van der Waals surface area contributed by atoms with E-state index in [4.69, 9.17) is 26.1 Å². The number of ether oxygens (including phenoxy) is 2. The van der Waals surface area contributed by atoms with Gasteiger partial charge in [0.15, 0.2) is 5.82 Å². The van der Waals surface area contributed by atoms with Gasteiger partial charge in [-0.3, -0.25) is 9.97 Å². The van der Waals surface area contributed by atoms with E-state index in [9.17, 15) is 13.2 Å². The average molecular weight is 809 g/mol. The number of aromatic nitrogens is 5. The Morgan fingerprint density at radius 3 is 1.71 bits per heavy atom. The molecule has 0 amide bonds. The molecule has 0 saturated carbocycles. The molecule has 0 spiro atoms. The number of fused-ring (bicyclic) bond motifs is 2. The SMILES string of the molecule is Cc1c(-c2ccncc2)nc2cc(F)cc(F)c2c1Cl.Cc1c(-c2ccncc2)nc2cc(F)cc(F)c2c1Nc1cc(N2CCOCC2)cnc1N1CCOCC1. The van der Waals surface area contributed by atoms with E-state index in [-0.39, 0.29) is 26.8 Å². The molecule has 9 rings (SSSR count). The molecule has 2 saturated heterocycles. The van der Waals surface area contributed by atoms with Crippen LogP contribution in [0.5, 0.6) is 0 Å². The zero-order valence-electron chi connectivity index (χ0n) is 31.6. The summed E-state index contributed by atoms with van der Waals surface area (Å²) in [5.74, 6) is -1.99. The zero-order chi connectivity index (χ0) is 40.3. The minimum atomic E-state index is -0.707. The molecule has 7 aromatic rings. The molecule has 5 aromatic heterocycles. The normalized spacial score (nSPS) is 14.4. The summed E-state index contributed by atoms with van der Waals surface area (Å²) in [7, 11) is 0. The molecule has 1 N–H and O–H groups in total. The van der Waals surface area contributed by atoms with Crippen molar-refractivity contribution in [3.8, 4) is 22.5 Å². The topological polar surface area (TPSA) is 101 Å². The van der Waals surface area contributed by atoms with Crippen molar-refractivity contribution in [2.24, 2.45) is 0 Å². The summed E-state index contributed by atoms with van der Waals surface area (Å²) in [5, 5.41) is 4.13. The fourth-order valence-electron chi connectivity index (χ4n) is 7.20. The number of hydrogen-bond acceptors (Lipinski definition) is 10. The standard InChI is InChI=1S/C28H28F2N6O2.C15H9ClF2N2/c1-18-26(19-2-4-31-5-3-19)33-23-15-20(29)14-22(30)25(23)27(18)34-24-16-21(35-6-10-37-11-7-35)17-32-28(24)36-8-12-38-13-9-36;1-8-14(16)13-11(18)6-10(17)7-12(13)20-15(8)9-2-4-19-5-3-9/h2-5,14-17H,6-13H2,1H3,(H,33,34);2-7H,1H3. The third kappa shape index (κ3) is 7.95. The Bertz CT molecular complexity index is 2610. The van der Waals surface area contributed by atoms with Crippen molar-refractivity contribution in [1.82, 2.24) is 24.9 Å². The van der Waals surface area contributed by atoms with Gasteiger partial charge in [-0.1, -0.05) is 11.6 Å². The van der Waals surface area contributed by atoms with Crippen molar-refractivity contribution in [3.63, 3.8) is 0 Å². The van der Waals surface area contributed by atoms with E-state index in [0.29, 0.717) is 62.2 Å². The second kappa shape index (κ2) is 16.9. The first-order valence-electron chi connectivity index (χ1n) is 18.6. The Kier molecular flexibility index (Phi) is 11.3. The molecule has 0 atom stereocenters. The predicted octanol–water partition coefficient (Wildman–Crippen LogP) is 9.23. The maximum absolute atomic E-state index is 15.4. The second-order valence-corrected chi connectivity index (χ2v) is 14.2. The van der Waals surface area contributed by atoms with E-state index in [1.54, 1.807) is 43.8 Å². The highest BCUT2D eigenvalue weighted by atomic mass is 35.5. The van der Waals surface area contributed by atoms with Crippen molar-refractivity contribution in [3.05, 3.63) is 125 Å². The van der Waals surface area contributed by atoms with Gasteiger partial charge in [-0.25, -0.2) is 32.5 Å². The first-order chi connectivity index (χ1) is 28.2. The number of halogens is 5. The number of rotatable bonds is 6. The van der Waals surface area contributed by atoms with E-state index in [1.165, 1.54) is 12.1 Å². The molecule has 58 heavy (non-hydrogen) atoms. The van der Waals surface area contributed by atoms with Crippen LogP contribution < -0.4 is 15.1 Å². The average Bonchev–Trinajstić information content (AvgIpc) is 3.24. The lowest BCUT2D eigenvalue weighted by molar-refractivity contribution is 0.122. The first-order valence-corrected chi connectivity index (χ1v) is 19.0. The largest absolute Gasteiger partial charge is 0.378 e. The van der Waals surface area contributed by atoms with Crippen LogP contribution in [0.15, 0.2) is 85.6 Å². The molecule has 10 nitrogen and oxygen atoms in total. The smallest absolute Gasteiger partial charge is 0.152 e. The van der Waals surface area contributed by atoms with E-state index in [1.807, 2.05) is 31.3 Å². The number of nitrogens with zero attached hydrogens (tertiary/aromatic N) is 7. The van der Waals surface area contributed by atoms with E-state index >= 15 is 4.39 Å². The molecule has 2 aliphatic rings. The Labute approximate surface area is 336 Å². The molecular weight excluding hydrogens is 772 g/mol. The molecule has 0 aliphatic carbocycles. The van der Waals surface area contributed by atoms with Crippen LogP contribution >= 0.6 is 11.6 Å². The van der Waals surface area contributed by atoms with Gasteiger partial charge in [0.2, 0.25) is 0 Å². The molecule has 7 heterocycles. The number of benzene rings is 2. The Hall–Kier alpha value is -5.96. The number of morpholine rings is 2. The Morgan fingerprint density at radius 1 is 0.638 bits per heavy atom. The monoisotopic (exact) mass is 808 g/mol. The van der Waals surface area contributed by atoms with Crippen LogP contribution in [0.25, 0.3) is 44.3 Å². The highest BCUT2D eigenvalue weighted by Gasteiger charge is 2.23. The minimum absolute atomic E-state index is 0.142. The number of hydrogen-bond donors (Lipinski definition) is 1. The number of nitrogens with one attached hydrogen (secondary N) is 1. The summed E-state index contributed by atoms with van der Waals surface area (Å²) in [6, 6.07) is 13.4. The predicted molar refractivity (Wildman–Crippen MR) is 218 cm³/mol. The Balaban J connectivity index is 0.000000197. The third-order valence-electron chi connectivity index (χ3n) is 10.1. The quantitative estimate of drug-likeness (QED) is 0.164. The van der Waals surface area contributed by atoms with Gasteiger partial charge >= 0.3 is 0 Å². The highest BCUT2D eigenvalue weighted by Crippen LogP contribution is 2.40. The summed E-state index contributed by atoms with van der Waals surface area (Å²) in [6.45, 7) is 9.04. The Morgan fingerprint density at radius 2 is 1.14 bits per heavy atom. The summed E-state index contributed by atoms with van der Waals surface area (Å²) >= 11 is 6.22. The van der Waals surface area contributed by atoms with Gasteiger partial charge in [-0.2, -0.15) is 0 Å². The van der Waals surface area contributed by atoms with Crippen molar-refractivity contribution in [2.45, 2.75) is 13.8 Å². The lowest BCUT2D eigenvalue weighted by Crippen LogP contribution is -2.38. The van der Waals surface area contributed by atoms with Gasteiger partial charge in [-0.05, 0) is 55.3 Å². The van der Waals surface area contributed by atoms with Crippen LogP contribution in [0, 0.1) is 37.1 Å². The van der Waals surface area contributed by atoms with Crippen LogP contribution in [-0.4, -0.2) is 77.5 Å². The van der Waals surface area contributed by atoms with Crippen LogP contribution in [0.1, 0.15) is 11.1 Å². The summed E-state index contributed by atoms with van der Waals surface area (Å²) in [4.78, 5) is 26.3. The second-order valence-electron chi connectivity index (χ2n) is 13.8. The molecular formula is C43H37ClF4N8O2. The number of pyridine rings is 5. The first kappa shape index (κ1) is 38.9. The maximum Gasteiger partial charge on any atom is 0.152 e. The van der Waals surface area contributed by atoms with Crippen molar-refractivity contribution in [2.75, 3.05) is 67.7 Å². The van der Waals surface area contributed by atoms with E-state index in [2.05, 4.69) is 35.1 Å². The fraction of sp³-hybridized carbons (Fsp3) is 0.233. The van der Waals surface area contributed by atoms with Gasteiger partial charge in [0.1, 0.15) is 23.3 Å². The van der Waals surface area contributed by atoms with Gasteiger partial charge in [-0.15, -0.1) is 0 Å². The summed E-state index contributed by atoms with van der Waals surface area (Å²) < 4.78 is 67.9. The molecule has 296 valence electrons. The van der Waals surface area contributed by atoms with E-state index in [0.717, 1.165) is 59.1 Å². The van der Waals surface area contributed by atoms with Crippen molar-refractivity contribution in [1.29, 1.82) is 0 Å². The molecule has 2 aromatic carbocycles. The highest BCUT2D eigenvalue weighted by molar-refractivity contribution is 6.36. The lowest BCUT2D eigenvalue weighted by Gasteiger charge is -2.32. The molecule has 0 radical (unpaired) electrons. The van der Waals surface area contributed by atoms with Crippen LogP contribution in [0.2, 0.25) is 5.02 Å². The summed E-state index contributed by atoms with van der Waals surface area (Å²) in [6.07, 6.45) is 8.47. The van der Waals surface area contributed by atoms with E-state index < -0.39 is 23.3 Å². The van der Waals surface area contributed by atoms with Gasteiger partial charge < -0.3 is 24.6 Å². The lowest BCUT2D eigenvalue weighted by atomic mass is 10.0. The minimum Gasteiger partial charge on any atom is -0.378 e. The van der Waals surface area contributed by atoms with Crippen LogP contribution in [-0.2, 0) is 9.47 Å². The molecule has 15 heteroatoms. The zero-order valence-corrected chi connectivity index (χ0v) is 32.3.